The van der Waals surface area contributed by atoms with Crippen molar-refractivity contribution in [1.29, 1.82) is 0 Å². The first-order chi connectivity index (χ1) is 18.4. The van der Waals surface area contributed by atoms with Crippen LogP contribution in [0.5, 0.6) is 11.5 Å². The molecule has 3 heterocycles. The molecule has 10 nitrogen and oxygen atoms in total. The first-order valence-corrected chi connectivity index (χ1v) is 12.8. The van der Waals surface area contributed by atoms with E-state index in [9.17, 15) is 14.4 Å². The van der Waals surface area contributed by atoms with Gasteiger partial charge in [-0.05, 0) is 56.7 Å². The molecular weight excluding hydrogens is 510 g/mol. The zero-order valence-electron chi connectivity index (χ0n) is 21.4. The number of thiazole rings is 1. The van der Waals surface area contributed by atoms with Crippen LogP contribution in [0.4, 0.5) is 0 Å². The number of ether oxygens (including phenoxy) is 4. The topological polar surface area (TPSA) is 118 Å². The van der Waals surface area contributed by atoms with Crippen molar-refractivity contribution in [1.82, 2.24) is 9.55 Å². The van der Waals surface area contributed by atoms with Crippen molar-refractivity contribution in [2.45, 2.75) is 26.8 Å². The third-order valence-electron chi connectivity index (χ3n) is 5.64. The lowest BCUT2D eigenvalue weighted by atomic mass is 9.95. The zero-order chi connectivity index (χ0) is 27.2. The van der Waals surface area contributed by atoms with Crippen LogP contribution in [0.25, 0.3) is 6.08 Å². The summed E-state index contributed by atoms with van der Waals surface area (Å²) in [5.74, 6) is -0.439. The van der Waals surface area contributed by atoms with Crippen LogP contribution >= 0.6 is 11.3 Å². The molecule has 1 atom stereocenters. The van der Waals surface area contributed by atoms with Crippen molar-refractivity contribution in [3.05, 3.63) is 84.8 Å². The maximum atomic E-state index is 13.7. The summed E-state index contributed by atoms with van der Waals surface area (Å²) in [6, 6.07) is 9.63. The van der Waals surface area contributed by atoms with E-state index in [4.69, 9.17) is 14.2 Å². The van der Waals surface area contributed by atoms with Gasteiger partial charge in [-0.25, -0.2) is 14.6 Å². The average Bonchev–Trinajstić information content (AvgIpc) is 3.21. The highest BCUT2D eigenvalue weighted by atomic mass is 32.1. The lowest BCUT2D eigenvalue weighted by Crippen LogP contribution is -2.40. The Hall–Kier alpha value is -4.25. The van der Waals surface area contributed by atoms with Crippen molar-refractivity contribution < 1.29 is 28.5 Å². The van der Waals surface area contributed by atoms with Gasteiger partial charge in [-0.2, -0.15) is 0 Å². The molecular formula is C27H27N3O7S. The van der Waals surface area contributed by atoms with Gasteiger partial charge in [0.15, 0.2) is 22.9 Å². The van der Waals surface area contributed by atoms with E-state index in [2.05, 4.69) is 14.7 Å². The molecule has 0 unspecified atom stereocenters. The number of carbonyl (C=O) groups excluding carboxylic acids is 2. The van der Waals surface area contributed by atoms with Crippen LogP contribution in [0, 0.1) is 0 Å². The number of allylic oxidation sites excluding steroid dienone is 1. The highest BCUT2D eigenvalue weighted by molar-refractivity contribution is 7.07. The number of carbonyl (C=O) groups is 2. The van der Waals surface area contributed by atoms with Crippen LogP contribution in [-0.4, -0.2) is 48.4 Å². The molecule has 198 valence electrons. The fraction of sp³-hybridized carbons (Fsp3) is 0.296. The number of hydrogen-bond acceptors (Lipinski definition) is 10. The van der Waals surface area contributed by atoms with Gasteiger partial charge < -0.3 is 18.9 Å². The minimum Gasteiger partial charge on any atom is -0.490 e. The Labute approximate surface area is 222 Å². The molecule has 3 aromatic rings. The van der Waals surface area contributed by atoms with E-state index in [0.717, 1.165) is 0 Å². The quantitative estimate of drug-likeness (QED) is 0.381. The number of hydrogen-bond donors (Lipinski definition) is 0. The second-order valence-corrected chi connectivity index (χ2v) is 9.07. The summed E-state index contributed by atoms with van der Waals surface area (Å²) >= 11 is 1.21. The van der Waals surface area contributed by atoms with Gasteiger partial charge in [-0.1, -0.05) is 23.5 Å². The van der Waals surface area contributed by atoms with Gasteiger partial charge in [-0.15, -0.1) is 0 Å². The molecule has 2 aromatic heterocycles. The minimum atomic E-state index is -0.829. The molecule has 4 rings (SSSR count). The van der Waals surface area contributed by atoms with E-state index < -0.39 is 18.0 Å². The van der Waals surface area contributed by atoms with Crippen molar-refractivity contribution in [3.8, 4) is 11.5 Å². The van der Waals surface area contributed by atoms with E-state index in [1.807, 2.05) is 13.0 Å². The molecule has 0 saturated carbocycles. The number of pyridine rings is 1. The van der Waals surface area contributed by atoms with E-state index in [0.29, 0.717) is 44.4 Å². The molecule has 1 aromatic carbocycles. The van der Waals surface area contributed by atoms with Gasteiger partial charge in [0, 0.05) is 6.20 Å². The SMILES string of the molecule is CCOC(=O)C1=C(C)N=c2s/c(=C\c3ccccn3)c(=O)n2[C@@H]1c1ccc(OCC(=O)OC)c(OCC)c1. The number of aromatic nitrogens is 2. The molecule has 0 fully saturated rings. The highest BCUT2D eigenvalue weighted by Gasteiger charge is 2.34. The Morgan fingerprint density at radius 1 is 1.11 bits per heavy atom. The summed E-state index contributed by atoms with van der Waals surface area (Å²) in [5, 5.41) is 0. The molecule has 0 bridgehead atoms. The van der Waals surface area contributed by atoms with Crippen molar-refractivity contribution in [2.75, 3.05) is 26.9 Å². The number of methoxy groups -OCH3 is 1. The van der Waals surface area contributed by atoms with Gasteiger partial charge >= 0.3 is 11.9 Å². The monoisotopic (exact) mass is 537 g/mol. The molecule has 0 spiro atoms. The minimum absolute atomic E-state index is 0.164. The van der Waals surface area contributed by atoms with Crippen LogP contribution in [0.3, 0.4) is 0 Å². The van der Waals surface area contributed by atoms with Crippen molar-refractivity contribution >= 4 is 29.4 Å². The number of fused-ring (bicyclic) bond motifs is 1. The van der Waals surface area contributed by atoms with Gasteiger partial charge in [0.25, 0.3) is 5.56 Å². The lowest BCUT2D eigenvalue weighted by Gasteiger charge is -2.25. The summed E-state index contributed by atoms with van der Waals surface area (Å²) in [4.78, 5) is 47.7. The van der Waals surface area contributed by atoms with Crippen LogP contribution in [0.1, 0.15) is 38.1 Å². The van der Waals surface area contributed by atoms with Gasteiger partial charge in [-0.3, -0.25) is 14.3 Å². The summed E-state index contributed by atoms with van der Waals surface area (Å²) in [7, 11) is 1.27. The van der Waals surface area contributed by atoms with Gasteiger partial charge in [0.2, 0.25) is 0 Å². The van der Waals surface area contributed by atoms with E-state index in [1.54, 1.807) is 56.5 Å². The number of esters is 2. The Balaban J connectivity index is 1.89. The third kappa shape index (κ3) is 5.52. The Morgan fingerprint density at radius 2 is 1.92 bits per heavy atom. The Morgan fingerprint density at radius 3 is 2.61 bits per heavy atom. The van der Waals surface area contributed by atoms with Crippen LogP contribution in [0.2, 0.25) is 0 Å². The molecule has 0 saturated heterocycles. The number of rotatable bonds is 9. The average molecular weight is 538 g/mol. The van der Waals surface area contributed by atoms with E-state index in [-0.39, 0.29) is 24.3 Å². The largest absolute Gasteiger partial charge is 0.490 e. The maximum Gasteiger partial charge on any atom is 0.343 e. The lowest BCUT2D eigenvalue weighted by molar-refractivity contribution is -0.143. The number of benzene rings is 1. The standard InChI is InChI=1S/C27H27N3O7S/c1-5-35-20-13-17(10-11-19(20)37-15-22(31)34-4)24-23(26(33)36-6-2)16(3)29-27-30(24)25(32)21(38-27)14-18-9-7-8-12-28-18/h7-14,24H,5-6,15H2,1-4H3/b21-14-/t24-/m1/s1. The summed E-state index contributed by atoms with van der Waals surface area (Å²) < 4.78 is 23.3. The van der Waals surface area contributed by atoms with E-state index >= 15 is 0 Å². The zero-order valence-corrected chi connectivity index (χ0v) is 22.2. The molecule has 1 aliphatic rings. The third-order valence-corrected chi connectivity index (χ3v) is 6.62. The summed E-state index contributed by atoms with van der Waals surface area (Å²) in [6.07, 6.45) is 3.34. The molecule has 0 amide bonds. The number of nitrogens with zero attached hydrogens (tertiary/aromatic N) is 3. The molecule has 0 radical (unpaired) electrons. The predicted molar refractivity (Wildman–Crippen MR) is 140 cm³/mol. The molecule has 1 aliphatic heterocycles. The Bertz CT molecular complexity index is 1560. The summed E-state index contributed by atoms with van der Waals surface area (Å²) in [6.45, 7) is 5.43. The van der Waals surface area contributed by atoms with Gasteiger partial charge in [0.05, 0.1) is 47.9 Å². The van der Waals surface area contributed by atoms with E-state index in [1.165, 1.54) is 23.0 Å². The van der Waals surface area contributed by atoms with Crippen molar-refractivity contribution in [3.63, 3.8) is 0 Å². The second-order valence-electron chi connectivity index (χ2n) is 8.06. The smallest absolute Gasteiger partial charge is 0.343 e. The molecule has 0 N–H and O–H groups in total. The fourth-order valence-electron chi connectivity index (χ4n) is 3.98. The highest BCUT2D eigenvalue weighted by Crippen LogP contribution is 2.36. The first kappa shape index (κ1) is 26.8. The van der Waals surface area contributed by atoms with Crippen LogP contribution < -0.4 is 24.4 Å². The van der Waals surface area contributed by atoms with Crippen LogP contribution in [0.15, 0.2) is 63.7 Å². The Kier molecular flexibility index (Phi) is 8.37. The van der Waals surface area contributed by atoms with Crippen molar-refractivity contribution in [2.24, 2.45) is 4.99 Å². The predicted octanol–water partition coefficient (Wildman–Crippen LogP) is 2.14. The maximum absolute atomic E-state index is 13.7. The summed E-state index contributed by atoms with van der Waals surface area (Å²) in [5.41, 5.74) is 1.59. The molecule has 11 heteroatoms. The molecule has 38 heavy (non-hydrogen) atoms. The second kappa shape index (κ2) is 11.9. The fourth-order valence-corrected chi connectivity index (χ4v) is 5.01. The molecule has 0 aliphatic carbocycles. The first-order valence-electron chi connectivity index (χ1n) is 11.9. The van der Waals surface area contributed by atoms with Crippen LogP contribution in [-0.2, 0) is 19.1 Å². The normalized spacial score (nSPS) is 14.9. The van der Waals surface area contributed by atoms with Gasteiger partial charge in [0.1, 0.15) is 0 Å².